The number of aliphatic hydroxyl groups excluding tert-OH is 4. The van der Waals surface area contributed by atoms with E-state index in [1.807, 2.05) is 24.3 Å². The van der Waals surface area contributed by atoms with Gasteiger partial charge in [-0.15, -0.1) is 0 Å². The first-order valence-corrected chi connectivity index (χ1v) is 6.48. The summed E-state index contributed by atoms with van der Waals surface area (Å²) in [6, 6.07) is 7.43. The van der Waals surface area contributed by atoms with E-state index < -0.39 is 12.2 Å². The molecule has 114 valence electrons. The molecule has 0 unspecified atom stereocenters. The largest absolute Gasteiger partial charge is 0.394 e. The molecule has 0 aliphatic rings. The summed E-state index contributed by atoms with van der Waals surface area (Å²) in [5.74, 6) is 0. The van der Waals surface area contributed by atoms with E-state index in [0.717, 1.165) is 11.1 Å². The number of ether oxygens (including phenoxy) is 2. The van der Waals surface area contributed by atoms with Crippen molar-refractivity contribution in [2.75, 3.05) is 26.4 Å². The molecule has 0 heterocycles. The van der Waals surface area contributed by atoms with E-state index in [1.165, 1.54) is 0 Å². The molecule has 0 radical (unpaired) electrons. The molecule has 0 aliphatic carbocycles. The zero-order valence-corrected chi connectivity index (χ0v) is 11.3. The Morgan fingerprint density at radius 2 is 0.950 bits per heavy atom. The van der Waals surface area contributed by atoms with E-state index in [0.29, 0.717) is 13.2 Å². The maximum atomic E-state index is 8.87. The maximum Gasteiger partial charge on any atom is 0.104 e. The van der Waals surface area contributed by atoms with E-state index in [2.05, 4.69) is 0 Å². The van der Waals surface area contributed by atoms with Crippen LogP contribution in [0.1, 0.15) is 11.1 Å². The van der Waals surface area contributed by atoms with Gasteiger partial charge in [0.15, 0.2) is 0 Å². The van der Waals surface area contributed by atoms with E-state index in [1.54, 1.807) is 0 Å². The molecule has 0 saturated heterocycles. The quantitative estimate of drug-likeness (QED) is 0.459. The molecule has 1 aromatic rings. The minimum atomic E-state index is -0.562. The molecule has 6 heteroatoms. The Bertz CT molecular complexity index is 310. The van der Waals surface area contributed by atoms with Gasteiger partial charge in [0.05, 0.1) is 39.6 Å². The second-order valence-electron chi connectivity index (χ2n) is 4.41. The van der Waals surface area contributed by atoms with Crippen LogP contribution < -0.4 is 0 Å². The Morgan fingerprint density at radius 3 is 1.20 bits per heavy atom. The smallest absolute Gasteiger partial charge is 0.104 e. The fraction of sp³-hybridized carbons (Fsp3) is 0.571. The lowest BCUT2D eigenvalue weighted by Gasteiger charge is -2.14. The van der Waals surface area contributed by atoms with Gasteiger partial charge in [-0.3, -0.25) is 0 Å². The fourth-order valence-corrected chi connectivity index (χ4v) is 1.49. The summed E-state index contributed by atoms with van der Waals surface area (Å²) in [7, 11) is 0. The van der Waals surface area contributed by atoms with Gasteiger partial charge in [0, 0.05) is 0 Å². The van der Waals surface area contributed by atoms with E-state index in [9.17, 15) is 0 Å². The summed E-state index contributed by atoms with van der Waals surface area (Å²) in [5.41, 5.74) is 1.84. The van der Waals surface area contributed by atoms with Crippen LogP contribution in [0.15, 0.2) is 24.3 Å². The van der Waals surface area contributed by atoms with Crippen LogP contribution in [0.3, 0.4) is 0 Å². The lowest BCUT2D eigenvalue weighted by Crippen LogP contribution is -2.22. The summed E-state index contributed by atoms with van der Waals surface area (Å²) in [6.07, 6.45) is -1.12. The highest BCUT2D eigenvalue weighted by Crippen LogP contribution is 2.09. The summed E-state index contributed by atoms with van der Waals surface area (Å²) in [6.45, 7) is -0.248. The number of rotatable bonds is 10. The van der Waals surface area contributed by atoms with Crippen molar-refractivity contribution < 1.29 is 29.9 Å². The van der Waals surface area contributed by atoms with Crippen molar-refractivity contribution in [2.45, 2.75) is 25.4 Å². The van der Waals surface area contributed by atoms with Crippen LogP contribution in [0.25, 0.3) is 0 Å². The van der Waals surface area contributed by atoms with Gasteiger partial charge in [0.1, 0.15) is 12.2 Å². The van der Waals surface area contributed by atoms with Gasteiger partial charge < -0.3 is 29.9 Å². The molecule has 0 saturated carbocycles. The monoisotopic (exact) mass is 286 g/mol. The first-order chi connectivity index (χ1) is 9.73. The first kappa shape index (κ1) is 17.0. The Morgan fingerprint density at radius 1 is 0.650 bits per heavy atom. The van der Waals surface area contributed by atoms with Gasteiger partial charge in [0.2, 0.25) is 0 Å². The van der Waals surface area contributed by atoms with Crippen LogP contribution in [0, 0.1) is 0 Å². The van der Waals surface area contributed by atoms with Gasteiger partial charge in [0.25, 0.3) is 0 Å². The summed E-state index contributed by atoms with van der Waals surface area (Å²) in [5, 5.41) is 35.5. The Kier molecular flexibility index (Phi) is 8.36. The zero-order chi connectivity index (χ0) is 14.8. The minimum Gasteiger partial charge on any atom is -0.394 e. The topological polar surface area (TPSA) is 99.4 Å². The third-order valence-corrected chi connectivity index (χ3v) is 2.81. The van der Waals surface area contributed by atoms with Crippen molar-refractivity contribution in [1.29, 1.82) is 0 Å². The Hall–Kier alpha value is -1.02. The second-order valence-corrected chi connectivity index (χ2v) is 4.41. The molecule has 6 nitrogen and oxygen atoms in total. The summed E-state index contributed by atoms with van der Waals surface area (Å²) < 4.78 is 10.6. The summed E-state index contributed by atoms with van der Waals surface area (Å²) >= 11 is 0. The van der Waals surface area contributed by atoms with Crippen LogP contribution in [0.5, 0.6) is 0 Å². The van der Waals surface area contributed by atoms with Gasteiger partial charge in [-0.25, -0.2) is 0 Å². The molecular formula is C14H22O6. The van der Waals surface area contributed by atoms with Crippen molar-refractivity contribution >= 4 is 0 Å². The molecule has 4 N–H and O–H groups in total. The van der Waals surface area contributed by atoms with Crippen LogP contribution >= 0.6 is 0 Å². The zero-order valence-electron chi connectivity index (χ0n) is 11.3. The third kappa shape index (κ3) is 5.96. The highest BCUT2D eigenvalue weighted by molar-refractivity contribution is 5.21. The molecule has 1 rings (SSSR count). The lowest BCUT2D eigenvalue weighted by molar-refractivity contribution is -0.0293. The molecule has 0 spiro atoms. The highest BCUT2D eigenvalue weighted by atomic mass is 16.5. The molecular weight excluding hydrogens is 264 g/mol. The first-order valence-electron chi connectivity index (χ1n) is 6.48. The number of aliphatic hydroxyl groups is 4. The minimum absolute atomic E-state index is 0.216. The highest BCUT2D eigenvalue weighted by Gasteiger charge is 2.07. The number of benzene rings is 1. The van der Waals surface area contributed by atoms with Crippen molar-refractivity contribution in [3.63, 3.8) is 0 Å². The van der Waals surface area contributed by atoms with Crippen LogP contribution in [-0.4, -0.2) is 59.1 Å². The predicted molar refractivity (Wildman–Crippen MR) is 71.9 cm³/mol. The molecule has 0 atom stereocenters. The summed E-state index contributed by atoms with van der Waals surface area (Å²) in [4.78, 5) is 0. The van der Waals surface area contributed by atoms with E-state index >= 15 is 0 Å². The lowest BCUT2D eigenvalue weighted by atomic mass is 10.1. The average molecular weight is 286 g/mol. The SMILES string of the molecule is OCC(CO)OCc1ccc(COC(CO)CO)cc1. The molecule has 0 fully saturated rings. The standard InChI is InChI=1S/C14H22O6/c15-5-13(6-16)19-9-11-1-2-12(4-3-11)10-20-14(7-17)8-18/h1-4,13-18H,5-10H2. The van der Waals surface area contributed by atoms with Gasteiger partial charge in [-0.1, -0.05) is 24.3 Å². The van der Waals surface area contributed by atoms with Crippen molar-refractivity contribution in [1.82, 2.24) is 0 Å². The molecule has 0 aliphatic heterocycles. The van der Waals surface area contributed by atoms with Crippen LogP contribution in [0.2, 0.25) is 0 Å². The van der Waals surface area contributed by atoms with Crippen molar-refractivity contribution in [3.8, 4) is 0 Å². The van der Waals surface area contributed by atoms with Gasteiger partial charge >= 0.3 is 0 Å². The van der Waals surface area contributed by atoms with E-state index in [4.69, 9.17) is 29.9 Å². The Labute approximate surface area is 118 Å². The van der Waals surface area contributed by atoms with Crippen molar-refractivity contribution in [3.05, 3.63) is 35.4 Å². The molecule has 1 aromatic carbocycles. The molecule has 0 amide bonds. The Balaban J connectivity index is 2.40. The van der Waals surface area contributed by atoms with Crippen LogP contribution in [0.4, 0.5) is 0 Å². The second kappa shape index (κ2) is 9.82. The van der Waals surface area contributed by atoms with E-state index in [-0.39, 0.29) is 26.4 Å². The number of hydrogen-bond donors (Lipinski definition) is 4. The molecule has 20 heavy (non-hydrogen) atoms. The fourth-order valence-electron chi connectivity index (χ4n) is 1.49. The predicted octanol–water partition coefficient (Wildman–Crippen LogP) is -0.574. The molecule has 0 aromatic heterocycles. The van der Waals surface area contributed by atoms with Gasteiger partial charge in [-0.2, -0.15) is 0 Å². The molecule has 0 bridgehead atoms. The average Bonchev–Trinajstić information content (AvgIpc) is 2.50. The normalized spacial score (nSPS) is 11.5. The third-order valence-electron chi connectivity index (χ3n) is 2.81. The number of hydrogen-bond acceptors (Lipinski definition) is 6. The van der Waals surface area contributed by atoms with Crippen molar-refractivity contribution in [2.24, 2.45) is 0 Å². The van der Waals surface area contributed by atoms with Crippen LogP contribution in [-0.2, 0) is 22.7 Å². The maximum absolute atomic E-state index is 8.87. The van der Waals surface area contributed by atoms with Gasteiger partial charge in [-0.05, 0) is 11.1 Å².